The van der Waals surface area contributed by atoms with Crippen LogP contribution in [0.15, 0.2) is 40.3 Å². The third-order valence-electron chi connectivity index (χ3n) is 3.80. The molecule has 0 unspecified atom stereocenters. The lowest BCUT2D eigenvalue weighted by molar-refractivity contribution is 0.0948. The Morgan fingerprint density at radius 3 is 3.04 bits per heavy atom. The second kappa shape index (κ2) is 7.09. The summed E-state index contributed by atoms with van der Waals surface area (Å²) in [7, 11) is 1.52. The van der Waals surface area contributed by atoms with E-state index in [2.05, 4.69) is 10.3 Å². The van der Waals surface area contributed by atoms with Gasteiger partial charge in [-0.25, -0.2) is 4.98 Å². The van der Waals surface area contributed by atoms with Crippen LogP contribution in [0.25, 0.3) is 10.8 Å². The van der Waals surface area contributed by atoms with E-state index in [-0.39, 0.29) is 12.5 Å². The van der Waals surface area contributed by atoms with Gasteiger partial charge in [-0.05, 0) is 23.6 Å². The SMILES string of the molecule is COc1cc(C(=O)NCc2coc(-c3cccs3)n2)cc2c1OCCO2. The zero-order chi connectivity index (χ0) is 17.9. The normalized spacial score (nSPS) is 12.7. The zero-order valence-electron chi connectivity index (χ0n) is 14.0. The molecule has 1 aromatic carbocycles. The second-order valence-corrected chi connectivity index (χ2v) is 6.45. The van der Waals surface area contributed by atoms with Gasteiger partial charge in [-0.15, -0.1) is 11.3 Å². The molecule has 0 radical (unpaired) electrons. The molecular formula is C18H16N2O5S. The van der Waals surface area contributed by atoms with Crippen LogP contribution in [0.1, 0.15) is 16.1 Å². The standard InChI is InChI=1S/C18H16N2O5S/c1-22-13-7-11(8-14-16(13)24-5-4-23-14)17(21)19-9-12-10-25-18(20-12)15-3-2-6-26-15/h2-3,6-8,10H,4-5,9H2,1H3,(H,19,21). The van der Waals surface area contributed by atoms with Gasteiger partial charge in [-0.1, -0.05) is 6.07 Å². The molecule has 0 atom stereocenters. The van der Waals surface area contributed by atoms with Crippen molar-refractivity contribution in [2.45, 2.75) is 6.54 Å². The molecular weight excluding hydrogens is 356 g/mol. The van der Waals surface area contributed by atoms with Gasteiger partial charge in [-0.2, -0.15) is 0 Å². The smallest absolute Gasteiger partial charge is 0.251 e. The van der Waals surface area contributed by atoms with Crippen LogP contribution in [0.4, 0.5) is 0 Å². The van der Waals surface area contributed by atoms with Crippen LogP contribution in [0.5, 0.6) is 17.2 Å². The fraction of sp³-hybridized carbons (Fsp3) is 0.222. The van der Waals surface area contributed by atoms with Gasteiger partial charge in [0.15, 0.2) is 11.5 Å². The van der Waals surface area contributed by atoms with Crippen molar-refractivity contribution >= 4 is 17.2 Å². The number of aromatic nitrogens is 1. The first-order chi connectivity index (χ1) is 12.7. The highest BCUT2D eigenvalue weighted by molar-refractivity contribution is 7.13. The summed E-state index contributed by atoms with van der Waals surface area (Å²) in [6.45, 7) is 1.14. The summed E-state index contributed by atoms with van der Waals surface area (Å²) >= 11 is 1.54. The summed E-state index contributed by atoms with van der Waals surface area (Å²) in [6.07, 6.45) is 1.54. The lowest BCUT2D eigenvalue weighted by Gasteiger charge is -2.21. The van der Waals surface area contributed by atoms with Crippen molar-refractivity contribution in [2.24, 2.45) is 0 Å². The van der Waals surface area contributed by atoms with Crippen LogP contribution in [-0.2, 0) is 6.54 Å². The van der Waals surface area contributed by atoms with E-state index in [0.29, 0.717) is 47.6 Å². The molecule has 1 aliphatic heterocycles. The molecule has 3 aromatic rings. The van der Waals surface area contributed by atoms with Gasteiger partial charge in [0.05, 0.1) is 24.2 Å². The quantitative estimate of drug-likeness (QED) is 0.741. The number of rotatable bonds is 5. The van der Waals surface area contributed by atoms with Gasteiger partial charge in [0.2, 0.25) is 11.6 Å². The Hall–Kier alpha value is -3.00. The van der Waals surface area contributed by atoms with Crippen molar-refractivity contribution < 1.29 is 23.4 Å². The Bertz CT molecular complexity index is 903. The molecule has 4 rings (SSSR count). The number of ether oxygens (including phenoxy) is 3. The van der Waals surface area contributed by atoms with E-state index in [1.54, 1.807) is 29.7 Å². The fourth-order valence-corrected chi connectivity index (χ4v) is 3.23. The maximum Gasteiger partial charge on any atom is 0.251 e. The predicted molar refractivity (Wildman–Crippen MR) is 95.0 cm³/mol. The Balaban J connectivity index is 1.47. The lowest BCUT2D eigenvalue weighted by Crippen LogP contribution is -2.24. The highest BCUT2D eigenvalue weighted by Crippen LogP contribution is 2.40. The molecule has 0 fully saturated rings. The van der Waals surface area contributed by atoms with Crippen molar-refractivity contribution in [3.63, 3.8) is 0 Å². The highest BCUT2D eigenvalue weighted by Gasteiger charge is 2.21. The molecule has 1 aliphatic rings. The van der Waals surface area contributed by atoms with E-state index in [1.165, 1.54) is 7.11 Å². The van der Waals surface area contributed by atoms with Gasteiger partial charge >= 0.3 is 0 Å². The van der Waals surface area contributed by atoms with Crippen molar-refractivity contribution in [2.75, 3.05) is 20.3 Å². The number of hydrogen-bond acceptors (Lipinski definition) is 7. The van der Waals surface area contributed by atoms with Gasteiger partial charge < -0.3 is 23.9 Å². The molecule has 0 saturated carbocycles. The van der Waals surface area contributed by atoms with E-state index >= 15 is 0 Å². The van der Waals surface area contributed by atoms with Gasteiger partial charge in [-0.3, -0.25) is 4.79 Å². The number of nitrogens with zero attached hydrogens (tertiary/aromatic N) is 1. The topological polar surface area (TPSA) is 82.8 Å². The maximum atomic E-state index is 12.5. The van der Waals surface area contributed by atoms with Crippen LogP contribution >= 0.6 is 11.3 Å². The molecule has 0 aliphatic carbocycles. The van der Waals surface area contributed by atoms with Gasteiger partial charge in [0, 0.05) is 5.56 Å². The number of thiophene rings is 1. The summed E-state index contributed by atoms with van der Waals surface area (Å²) < 4.78 is 21.8. The molecule has 8 heteroatoms. The first kappa shape index (κ1) is 16.5. The van der Waals surface area contributed by atoms with E-state index in [0.717, 1.165) is 4.88 Å². The summed E-state index contributed by atoms with van der Waals surface area (Å²) in [5.41, 5.74) is 1.07. The van der Waals surface area contributed by atoms with E-state index < -0.39 is 0 Å². The number of benzene rings is 1. The number of methoxy groups -OCH3 is 1. The Morgan fingerprint density at radius 2 is 2.23 bits per heavy atom. The number of carbonyl (C=O) groups is 1. The second-order valence-electron chi connectivity index (χ2n) is 5.51. The Kier molecular flexibility index (Phi) is 4.49. The lowest BCUT2D eigenvalue weighted by atomic mass is 10.1. The van der Waals surface area contributed by atoms with Crippen LogP contribution in [-0.4, -0.2) is 31.2 Å². The largest absolute Gasteiger partial charge is 0.493 e. The monoisotopic (exact) mass is 372 g/mol. The number of nitrogens with one attached hydrogen (secondary N) is 1. The minimum Gasteiger partial charge on any atom is -0.493 e. The number of amides is 1. The zero-order valence-corrected chi connectivity index (χ0v) is 14.8. The minimum atomic E-state index is -0.263. The van der Waals surface area contributed by atoms with Crippen LogP contribution in [0.2, 0.25) is 0 Å². The van der Waals surface area contributed by atoms with Gasteiger partial charge in [0.25, 0.3) is 5.91 Å². The summed E-state index contributed by atoms with van der Waals surface area (Å²) in [5.74, 6) is 1.77. The molecule has 1 N–H and O–H groups in total. The van der Waals surface area contributed by atoms with Crippen LogP contribution in [0.3, 0.4) is 0 Å². The van der Waals surface area contributed by atoms with Crippen LogP contribution in [0, 0.1) is 0 Å². The predicted octanol–water partition coefficient (Wildman–Crippen LogP) is 3.11. The third kappa shape index (κ3) is 3.23. The maximum absolute atomic E-state index is 12.5. The van der Waals surface area contributed by atoms with Crippen molar-refractivity contribution in [3.8, 4) is 28.0 Å². The Labute approximate surface area is 153 Å². The molecule has 134 valence electrons. The summed E-state index contributed by atoms with van der Waals surface area (Å²) in [4.78, 5) is 17.8. The van der Waals surface area contributed by atoms with Crippen LogP contribution < -0.4 is 19.5 Å². The summed E-state index contributed by atoms with van der Waals surface area (Å²) in [5, 5.41) is 4.78. The fourth-order valence-electron chi connectivity index (χ4n) is 2.58. The van der Waals surface area contributed by atoms with Gasteiger partial charge in [0.1, 0.15) is 19.5 Å². The molecule has 26 heavy (non-hydrogen) atoms. The van der Waals surface area contributed by atoms with Crippen molar-refractivity contribution in [1.82, 2.24) is 10.3 Å². The number of carbonyl (C=O) groups excluding carboxylic acids is 1. The third-order valence-corrected chi connectivity index (χ3v) is 4.66. The highest BCUT2D eigenvalue weighted by atomic mass is 32.1. The number of oxazole rings is 1. The average molecular weight is 372 g/mol. The minimum absolute atomic E-state index is 0.254. The molecule has 2 aromatic heterocycles. The molecule has 3 heterocycles. The molecule has 0 bridgehead atoms. The van der Waals surface area contributed by atoms with E-state index in [4.69, 9.17) is 18.6 Å². The number of hydrogen-bond donors (Lipinski definition) is 1. The first-order valence-electron chi connectivity index (χ1n) is 7.98. The molecule has 0 saturated heterocycles. The van der Waals surface area contributed by atoms with E-state index in [9.17, 15) is 4.79 Å². The number of fused-ring (bicyclic) bond motifs is 1. The van der Waals surface area contributed by atoms with Crippen molar-refractivity contribution in [3.05, 3.63) is 47.2 Å². The van der Waals surface area contributed by atoms with E-state index in [1.807, 2.05) is 17.5 Å². The average Bonchev–Trinajstić information content (AvgIpc) is 3.36. The van der Waals surface area contributed by atoms with Crippen molar-refractivity contribution in [1.29, 1.82) is 0 Å². The first-order valence-corrected chi connectivity index (χ1v) is 8.86. The summed E-state index contributed by atoms with van der Waals surface area (Å²) in [6, 6.07) is 7.14. The molecule has 1 amide bonds. The Morgan fingerprint density at radius 1 is 1.35 bits per heavy atom. The molecule has 7 nitrogen and oxygen atoms in total. The molecule has 0 spiro atoms.